The molecule has 0 bridgehead atoms. The second-order valence-electron chi connectivity index (χ2n) is 7.54. The minimum absolute atomic E-state index is 0.0299. The molecule has 2 N–H and O–H groups in total. The summed E-state index contributed by atoms with van der Waals surface area (Å²) < 4.78 is 32.4. The lowest BCUT2D eigenvalue weighted by atomic mass is 10.0. The lowest BCUT2D eigenvalue weighted by Gasteiger charge is -2.34. The molecule has 10 heteroatoms. The van der Waals surface area contributed by atoms with Crippen molar-refractivity contribution in [3.8, 4) is 0 Å². The van der Waals surface area contributed by atoms with Gasteiger partial charge in [-0.1, -0.05) is 0 Å². The lowest BCUT2D eigenvalue weighted by Crippen LogP contribution is -2.48. The molecule has 0 radical (unpaired) electrons. The fourth-order valence-corrected chi connectivity index (χ4v) is 5.56. The van der Waals surface area contributed by atoms with E-state index in [1.165, 1.54) is 28.4 Å². The zero-order chi connectivity index (χ0) is 21.7. The van der Waals surface area contributed by atoms with Gasteiger partial charge in [0.1, 0.15) is 6.04 Å². The number of rotatable bonds is 7. The van der Waals surface area contributed by atoms with Gasteiger partial charge < -0.3 is 20.1 Å². The van der Waals surface area contributed by atoms with E-state index < -0.39 is 27.9 Å². The summed E-state index contributed by atoms with van der Waals surface area (Å²) in [5, 5.41) is 12.1. The zero-order valence-corrected chi connectivity index (χ0v) is 18.0. The number of anilines is 1. The summed E-state index contributed by atoms with van der Waals surface area (Å²) in [5.41, 5.74) is 0.616. The van der Waals surface area contributed by atoms with Crippen LogP contribution in [-0.2, 0) is 19.6 Å². The van der Waals surface area contributed by atoms with Crippen molar-refractivity contribution in [2.75, 3.05) is 45.2 Å². The van der Waals surface area contributed by atoms with E-state index in [1.54, 1.807) is 6.07 Å². The normalized spacial score (nSPS) is 20.2. The summed E-state index contributed by atoms with van der Waals surface area (Å²) in [6.07, 6.45) is 3.71. The maximum atomic E-state index is 13.3. The monoisotopic (exact) mass is 439 g/mol. The van der Waals surface area contributed by atoms with E-state index in [9.17, 15) is 18.0 Å². The third kappa shape index (κ3) is 4.76. The van der Waals surface area contributed by atoms with E-state index in [-0.39, 0.29) is 23.6 Å². The van der Waals surface area contributed by atoms with Crippen LogP contribution >= 0.6 is 0 Å². The predicted octanol–water partition coefficient (Wildman–Crippen LogP) is 1.04. The Morgan fingerprint density at radius 3 is 2.50 bits per heavy atom. The number of hydrogen-bond donors (Lipinski definition) is 2. The van der Waals surface area contributed by atoms with Crippen LogP contribution in [0.3, 0.4) is 0 Å². The van der Waals surface area contributed by atoms with Crippen LogP contribution in [-0.4, -0.2) is 80.5 Å². The van der Waals surface area contributed by atoms with E-state index in [1.807, 2.05) is 0 Å². The largest absolute Gasteiger partial charge is 0.467 e. The number of sulfonamides is 1. The van der Waals surface area contributed by atoms with Gasteiger partial charge in [0.2, 0.25) is 10.0 Å². The molecule has 2 saturated heterocycles. The highest BCUT2D eigenvalue weighted by atomic mass is 32.2. The summed E-state index contributed by atoms with van der Waals surface area (Å²) in [6.45, 7) is 1.40. The Morgan fingerprint density at radius 2 is 1.83 bits per heavy atom. The zero-order valence-electron chi connectivity index (χ0n) is 17.2. The number of methoxy groups -OCH3 is 1. The molecule has 2 fully saturated rings. The summed E-state index contributed by atoms with van der Waals surface area (Å²) in [6, 6.07) is 3.74. The minimum Gasteiger partial charge on any atom is -0.467 e. The topological polar surface area (TPSA) is 116 Å². The summed E-state index contributed by atoms with van der Waals surface area (Å²) in [5.74, 6) is -0.877. The van der Waals surface area contributed by atoms with Crippen molar-refractivity contribution in [2.45, 2.75) is 43.0 Å². The molecule has 0 aliphatic carbocycles. The fourth-order valence-electron chi connectivity index (χ4n) is 3.97. The summed E-state index contributed by atoms with van der Waals surface area (Å²) >= 11 is 0. The van der Waals surface area contributed by atoms with Crippen LogP contribution in [0.5, 0.6) is 0 Å². The van der Waals surface area contributed by atoms with Crippen LogP contribution < -0.4 is 5.32 Å². The number of nitrogens with zero attached hydrogens (tertiary/aromatic N) is 2. The highest BCUT2D eigenvalue weighted by Crippen LogP contribution is 2.27. The van der Waals surface area contributed by atoms with Crippen molar-refractivity contribution >= 4 is 27.6 Å². The van der Waals surface area contributed by atoms with Crippen molar-refractivity contribution in [2.24, 2.45) is 0 Å². The van der Waals surface area contributed by atoms with E-state index in [2.05, 4.69) is 5.32 Å². The number of piperidine rings is 1. The standard InChI is InChI=1S/C20H29N3O6S/c1-29-20(26)18-6-2-3-10-23(18)19(25)15-12-16(21-7-11-24)14-17(13-15)30(27,28)22-8-4-5-9-22/h12-14,18,21,24H,2-11H2,1H3/t18-/m1/s1. The summed E-state index contributed by atoms with van der Waals surface area (Å²) in [7, 11) is -2.45. The molecule has 1 aromatic carbocycles. The van der Waals surface area contributed by atoms with E-state index in [0.29, 0.717) is 31.7 Å². The van der Waals surface area contributed by atoms with Crippen molar-refractivity contribution in [1.29, 1.82) is 0 Å². The number of aliphatic hydroxyl groups excluding tert-OH is 1. The molecule has 1 aromatic rings. The Bertz CT molecular complexity index is 883. The molecule has 166 valence electrons. The lowest BCUT2D eigenvalue weighted by molar-refractivity contribution is -0.147. The van der Waals surface area contributed by atoms with E-state index in [4.69, 9.17) is 9.84 Å². The van der Waals surface area contributed by atoms with Crippen molar-refractivity contribution in [1.82, 2.24) is 9.21 Å². The second-order valence-corrected chi connectivity index (χ2v) is 9.48. The number of aliphatic hydroxyl groups is 1. The third-order valence-corrected chi connectivity index (χ3v) is 7.41. The van der Waals surface area contributed by atoms with Crippen LogP contribution in [0.15, 0.2) is 23.1 Å². The number of likely N-dealkylation sites (tertiary alicyclic amines) is 1. The van der Waals surface area contributed by atoms with Crippen LogP contribution in [0.1, 0.15) is 42.5 Å². The maximum Gasteiger partial charge on any atom is 0.328 e. The Kier molecular flexibility index (Phi) is 7.32. The molecule has 30 heavy (non-hydrogen) atoms. The Morgan fingerprint density at radius 1 is 1.13 bits per heavy atom. The second kappa shape index (κ2) is 9.76. The summed E-state index contributed by atoms with van der Waals surface area (Å²) in [4.78, 5) is 26.9. The van der Waals surface area contributed by atoms with Gasteiger partial charge in [-0.15, -0.1) is 0 Å². The molecule has 2 aliphatic heterocycles. The van der Waals surface area contributed by atoms with Crippen molar-refractivity contribution in [3.63, 3.8) is 0 Å². The first-order valence-corrected chi connectivity index (χ1v) is 11.7. The van der Waals surface area contributed by atoms with Gasteiger partial charge in [-0.3, -0.25) is 4.79 Å². The molecule has 9 nitrogen and oxygen atoms in total. The first-order valence-electron chi connectivity index (χ1n) is 10.3. The number of carbonyl (C=O) groups is 2. The molecular weight excluding hydrogens is 410 g/mol. The molecule has 0 unspecified atom stereocenters. The predicted molar refractivity (Wildman–Crippen MR) is 111 cm³/mol. The molecule has 0 spiro atoms. The first kappa shape index (κ1) is 22.5. The smallest absolute Gasteiger partial charge is 0.328 e. The number of esters is 1. The SMILES string of the molecule is COC(=O)[C@H]1CCCCN1C(=O)c1cc(NCCO)cc(S(=O)(=O)N2CCCC2)c1. The number of carbonyl (C=O) groups excluding carboxylic acids is 2. The van der Waals surface area contributed by atoms with E-state index >= 15 is 0 Å². The number of benzene rings is 1. The van der Waals surface area contributed by atoms with Gasteiger partial charge in [0.15, 0.2) is 0 Å². The average molecular weight is 440 g/mol. The average Bonchev–Trinajstić information content (AvgIpc) is 3.32. The number of nitrogens with one attached hydrogen (secondary N) is 1. The van der Waals surface area contributed by atoms with E-state index in [0.717, 1.165) is 25.7 Å². The quantitative estimate of drug-likeness (QED) is 0.610. The molecule has 3 rings (SSSR count). The van der Waals surface area contributed by atoms with Crippen LogP contribution in [0.25, 0.3) is 0 Å². The van der Waals surface area contributed by atoms with Gasteiger partial charge in [0.05, 0.1) is 18.6 Å². The van der Waals surface area contributed by atoms with Crippen molar-refractivity contribution in [3.05, 3.63) is 23.8 Å². The Hall–Kier alpha value is -2.17. The molecule has 1 atom stereocenters. The highest BCUT2D eigenvalue weighted by molar-refractivity contribution is 7.89. The molecule has 0 aromatic heterocycles. The van der Waals surface area contributed by atoms with Gasteiger partial charge in [0.25, 0.3) is 5.91 Å². The van der Waals surface area contributed by atoms with Gasteiger partial charge in [-0.05, 0) is 50.3 Å². The fraction of sp³-hybridized carbons (Fsp3) is 0.600. The molecular formula is C20H29N3O6S. The number of hydrogen-bond acceptors (Lipinski definition) is 7. The minimum atomic E-state index is -3.74. The van der Waals surface area contributed by atoms with Gasteiger partial charge in [-0.25, -0.2) is 13.2 Å². The first-order chi connectivity index (χ1) is 14.4. The number of amides is 1. The molecule has 2 aliphatic rings. The van der Waals surface area contributed by atoms with Crippen LogP contribution in [0, 0.1) is 0 Å². The molecule has 2 heterocycles. The van der Waals surface area contributed by atoms with Crippen molar-refractivity contribution < 1.29 is 27.9 Å². The highest BCUT2D eigenvalue weighted by Gasteiger charge is 2.34. The van der Waals surface area contributed by atoms with Gasteiger partial charge >= 0.3 is 5.97 Å². The Labute approximate surface area is 177 Å². The number of ether oxygens (including phenoxy) is 1. The van der Waals surface area contributed by atoms with Crippen LogP contribution in [0.4, 0.5) is 5.69 Å². The third-order valence-electron chi connectivity index (χ3n) is 5.53. The van der Waals surface area contributed by atoms with Gasteiger partial charge in [0, 0.05) is 37.4 Å². The molecule has 1 amide bonds. The van der Waals surface area contributed by atoms with Gasteiger partial charge in [-0.2, -0.15) is 4.31 Å². The maximum absolute atomic E-state index is 13.3. The Balaban J connectivity index is 1.98. The molecule has 0 saturated carbocycles. The van der Waals surface area contributed by atoms with Crippen LogP contribution in [0.2, 0.25) is 0 Å².